The molecule has 1 aromatic carbocycles. The van der Waals surface area contributed by atoms with Gasteiger partial charge in [-0.05, 0) is 31.5 Å². The van der Waals surface area contributed by atoms with Crippen molar-refractivity contribution in [3.8, 4) is 0 Å². The van der Waals surface area contributed by atoms with E-state index in [2.05, 4.69) is 0 Å². The Morgan fingerprint density at radius 3 is 2.64 bits per heavy atom. The molecule has 1 fully saturated rings. The van der Waals surface area contributed by atoms with Crippen molar-refractivity contribution in [1.29, 1.82) is 0 Å². The standard InChI is InChI=1S/C17H19ClN2O4S/c1-3-19(13-6-7-25(23,24)10-13)17(22)15-9-20(11(2)21)16-5-4-12(18)8-14(15)16/h4-5,8-9,13H,3,6-7,10H2,1-2H3. The number of fused-ring (bicyclic) bond motifs is 1. The van der Waals surface area contributed by atoms with E-state index in [0.29, 0.717) is 34.5 Å². The van der Waals surface area contributed by atoms with Crippen molar-refractivity contribution in [3.63, 3.8) is 0 Å². The van der Waals surface area contributed by atoms with Crippen molar-refractivity contribution >= 4 is 44.2 Å². The summed E-state index contributed by atoms with van der Waals surface area (Å²) in [7, 11) is -3.10. The van der Waals surface area contributed by atoms with E-state index in [-0.39, 0.29) is 29.4 Å². The van der Waals surface area contributed by atoms with Crippen LogP contribution >= 0.6 is 11.6 Å². The van der Waals surface area contributed by atoms with Crippen LogP contribution in [-0.2, 0) is 9.84 Å². The molecule has 134 valence electrons. The molecule has 2 heterocycles. The molecule has 1 atom stereocenters. The minimum atomic E-state index is -3.10. The summed E-state index contributed by atoms with van der Waals surface area (Å²) >= 11 is 6.06. The van der Waals surface area contributed by atoms with Gasteiger partial charge in [-0.3, -0.25) is 14.2 Å². The van der Waals surface area contributed by atoms with E-state index in [1.54, 1.807) is 23.1 Å². The Hall–Kier alpha value is -1.86. The fourth-order valence-corrected chi connectivity index (χ4v) is 5.28. The summed E-state index contributed by atoms with van der Waals surface area (Å²) in [5.41, 5.74) is 0.967. The molecule has 8 heteroatoms. The van der Waals surface area contributed by atoms with Gasteiger partial charge in [0.1, 0.15) is 0 Å². The highest BCUT2D eigenvalue weighted by Gasteiger charge is 2.35. The molecule has 1 aliphatic rings. The lowest BCUT2D eigenvalue weighted by molar-refractivity contribution is 0.0710. The predicted octanol–water partition coefficient (Wildman–Crippen LogP) is 2.60. The van der Waals surface area contributed by atoms with Crippen molar-refractivity contribution < 1.29 is 18.0 Å². The molecule has 1 aromatic heterocycles. The average Bonchev–Trinajstić information content (AvgIpc) is 3.08. The molecule has 1 amide bonds. The normalized spacial score (nSPS) is 19.2. The molecule has 25 heavy (non-hydrogen) atoms. The zero-order chi connectivity index (χ0) is 18.4. The van der Waals surface area contributed by atoms with Crippen LogP contribution in [0.3, 0.4) is 0 Å². The summed E-state index contributed by atoms with van der Waals surface area (Å²) in [4.78, 5) is 26.6. The highest BCUT2D eigenvalue weighted by Crippen LogP contribution is 2.28. The van der Waals surface area contributed by atoms with Gasteiger partial charge < -0.3 is 4.90 Å². The van der Waals surface area contributed by atoms with Gasteiger partial charge in [-0.1, -0.05) is 11.6 Å². The Morgan fingerprint density at radius 1 is 1.36 bits per heavy atom. The monoisotopic (exact) mass is 382 g/mol. The van der Waals surface area contributed by atoms with Crippen molar-refractivity contribution in [1.82, 2.24) is 9.47 Å². The number of hydrogen-bond donors (Lipinski definition) is 0. The Bertz CT molecular complexity index is 964. The number of nitrogens with zero attached hydrogens (tertiary/aromatic N) is 2. The van der Waals surface area contributed by atoms with E-state index < -0.39 is 9.84 Å². The maximum atomic E-state index is 13.1. The number of rotatable bonds is 3. The topological polar surface area (TPSA) is 76.5 Å². The number of amides is 1. The minimum Gasteiger partial charge on any atom is -0.335 e. The fourth-order valence-electron chi connectivity index (χ4n) is 3.38. The number of carbonyl (C=O) groups excluding carboxylic acids is 2. The van der Waals surface area contributed by atoms with Crippen molar-refractivity contribution in [3.05, 3.63) is 35.0 Å². The van der Waals surface area contributed by atoms with Crippen LogP contribution in [-0.4, -0.2) is 53.8 Å². The zero-order valence-electron chi connectivity index (χ0n) is 14.0. The van der Waals surface area contributed by atoms with Gasteiger partial charge in [0.15, 0.2) is 9.84 Å². The van der Waals surface area contributed by atoms with Crippen LogP contribution in [0.25, 0.3) is 10.9 Å². The summed E-state index contributed by atoms with van der Waals surface area (Å²) in [6.45, 7) is 3.63. The summed E-state index contributed by atoms with van der Waals surface area (Å²) in [6, 6.07) is 4.69. The molecular formula is C17H19ClN2O4S. The molecular weight excluding hydrogens is 364 g/mol. The van der Waals surface area contributed by atoms with E-state index in [4.69, 9.17) is 11.6 Å². The highest BCUT2D eigenvalue weighted by atomic mass is 35.5. The van der Waals surface area contributed by atoms with Gasteiger partial charge in [-0.25, -0.2) is 8.42 Å². The molecule has 2 aromatic rings. The predicted molar refractivity (Wildman–Crippen MR) is 97.0 cm³/mol. The summed E-state index contributed by atoms with van der Waals surface area (Å²) in [5, 5.41) is 1.06. The molecule has 0 spiro atoms. The van der Waals surface area contributed by atoms with Crippen LogP contribution in [0.2, 0.25) is 5.02 Å². The summed E-state index contributed by atoms with van der Waals surface area (Å²) in [6.07, 6.45) is 1.95. The SMILES string of the molecule is CCN(C(=O)c1cn(C(C)=O)c2ccc(Cl)cc12)C1CCS(=O)(=O)C1. The Balaban J connectivity index is 2.07. The molecule has 1 unspecified atom stereocenters. The minimum absolute atomic E-state index is 0.0152. The van der Waals surface area contributed by atoms with E-state index in [9.17, 15) is 18.0 Å². The highest BCUT2D eigenvalue weighted by molar-refractivity contribution is 7.91. The first-order valence-corrected chi connectivity index (χ1v) is 10.3. The lowest BCUT2D eigenvalue weighted by Crippen LogP contribution is -2.40. The second kappa shape index (κ2) is 6.46. The van der Waals surface area contributed by atoms with Gasteiger partial charge in [-0.15, -0.1) is 0 Å². The lowest BCUT2D eigenvalue weighted by atomic mass is 10.1. The molecule has 0 N–H and O–H groups in total. The first kappa shape index (κ1) is 17.9. The zero-order valence-corrected chi connectivity index (χ0v) is 15.6. The number of aromatic nitrogens is 1. The number of carbonyl (C=O) groups is 2. The summed E-state index contributed by atoms with van der Waals surface area (Å²) < 4.78 is 24.9. The molecule has 0 radical (unpaired) electrons. The van der Waals surface area contributed by atoms with E-state index in [1.807, 2.05) is 6.92 Å². The first-order chi connectivity index (χ1) is 11.7. The van der Waals surface area contributed by atoms with Gasteiger partial charge in [0.05, 0.1) is 22.6 Å². The van der Waals surface area contributed by atoms with Gasteiger partial charge in [-0.2, -0.15) is 0 Å². The Labute approximate surface area is 151 Å². The van der Waals surface area contributed by atoms with Crippen LogP contribution in [0.4, 0.5) is 0 Å². The van der Waals surface area contributed by atoms with E-state index >= 15 is 0 Å². The maximum Gasteiger partial charge on any atom is 0.256 e. The average molecular weight is 383 g/mol. The number of hydrogen-bond acceptors (Lipinski definition) is 4. The first-order valence-electron chi connectivity index (χ1n) is 8.06. The molecule has 0 saturated carbocycles. The van der Waals surface area contributed by atoms with E-state index in [0.717, 1.165) is 0 Å². The fraction of sp³-hybridized carbons (Fsp3) is 0.412. The molecule has 0 bridgehead atoms. The van der Waals surface area contributed by atoms with Crippen molar-refractivity contribution in [2.75, 3.05) is 18.1 Å². The van der Waals surface area contributed by atoms with Crippen LogP contribution in [0.15, 0.2) is 24.4 Å². The quantitative estimate of drug-likeness (QED) is 0.817. The van der Waals surface area contributed by atoms with Crippen molar-refractivity contribution in [2.24, 2.45) is 0 Å². The third-order valence-corrected chi connectivity index (χ3v) is 6.57. The van der Waals surface area contributed by atoms with Gasteiger partial charge in [0, 0.05) is 36.1 Å². The Kier molecular flexibility index (Phi) is 4.64. The maximum absolute atomic E-state index is 13.1. The third-order valence-electron chi connectivity index (χ3n) is 4.59. The molecule has 1 saturated heterocycles. The largest absolute Gasteiger partial charge is 0.335 e. The summed E-state index contributed by atoms with van der Waals surface area (Å²) in [5.74, 6) is -0.406. The second-order valence-corrected chi connectivity index (χ2v) is 8.91. The second-order valence-electron chi connectivity index (χ2n) is 6.24. The lowest BCUT2D eigenvalue weighted by Gasteiger charge is -2.26. The third kappa shape index (κ3) is 3.30. The van der Waals surface area contributed by atoms with Crippen LogP contribution < -0.4 is 0 Å². The van der Waals surface area contributed by atoms with Crippen LogP contribution in [0.5, 0.6) is 0 Å². The smallest absolute Gasteiger partial charge is 0.256 e. The molecule has 3 rings (SSSR count). The van der Waals surface area contributed by atoms with Gasteiger partial charge in [0.2, 0.25) is 5.91 Å². The number of sulfone groups is 1. The molecule has 1 aliphatic heterocycles. The molecule has 0 aliphatic carbocycles. The van der Waals surface area contributed by atoms with Gasteiger partial charge >= 0.3 is 0 Å². The van der Waals surface area contributed by atoms with Gasteiger partial charge in [0.25, 0.3) is 5.91 Å². The molecule has 6 nitrogen and oxygen atoms in total. The van der Waals surface area contributed by atoms with Crippen LogP contribution in [0.1, 0.15) is 35.4 Å². The number of halogens is 1. The van der Waals surface area contributed by atoms with E-state index in [1.165, 1.54) is 17.7 Å². The van der Waals surface area contributed by atoms with Crippen LogP contribution in [0, 0.1) is 0 Å². The number of benzene rings is 1. The Morgan fingerprint density at radius 2 is 2.08 bits per heavy atom. The van der Waals surface area contributed by atoms with Crippen molar-refractivity contribution in [2.45, 2.75) is 26.3 Å².